The number of benzene rings is 1. The second-order valence-corrected chi connectivity index (χ2v) is 9.40. The second-order valence-electron chi connectivity index (χ2n) is 9.40. The van der Waals surface area contributed by atoms with Crippen molar-refractivity contribution in [3.63, 3.8) is 0 Å². The number of amides is 3. The van der Waals surface area contributed by atoms with E-state index in [1.807, 2.05) is 20.8 Å². The van der Waals surface area contributed by atoms with Gasteiger partial charge in [0.15, 0.2) is 11.6 Å². The van der Waals surface area contributed by atoms with Crippen LogP contribution < -0.4 is 10.6 Å². The standard InChI is InChI=1S/C20H27F3N2O3.C6H13NO/c1-4-20(2,3)28-19(27)24-14(11-18(26)25-7-5-6-8-25)9-13-10-16(22)17(23)12-15(13)21;1-3-5-6(8)7-4-2/h10,12,14H,4-9,11H2,1-3H3,(H,24,27);3-5H2,1-2H3,(H,7,8)/t14-;/m1./s1. The first kappa shape index (κ1) is 31.3. The smallest absolute Gasteiger partial charge is 0.407 e. The number of rotatable bonds is 10. The van der Waals surface area contributed by atoms with Crippen LogP contribution in [0.1, 0.15) is 78.7 Å². The Morgan fingerprint density at radius 3 is 2.19 bits per heavy atom. The van der Waals surface area contributed by atoms with E-state index in [9.17, 15) is 27.6 Å². The Morgan fingerprint density at radius 1 is 1.03 bits per heavy atom. The maximum atomic E-state index is 14.0. The first-order chi connectivity index (χ1) is 16.9. The quantitative estimate of drug-likeness (QED) is 0.436. The predicted molar refractivity (Wildman–Crippen MR) is 132 cm³/mol. The van der Waals surface area contributed by atoms with Gasteiger partial charge in [0.25, 0.3) is 0 Å². The molecule has 0 spiro atoms. The number of halogens is 3. The lowest BCUT2D eigenvalue weighted by atomic mass is 10.0. The molecule has 1 aliphatic heterocycles. The van der Waals surface area contributed by atoms with E-state index < -0.39 is 35.2 Å². The topological polar surface area (TPSA) is 87.7 Å². The van der Waals surface area contributed by atoms with Crippen LogP contribution in [0.5, 0.6) is 0 Å². The number of nitrogens with one attached hydrogen (secondary N) is 2. The van der Waals surface area contributed by atoms with Gasteiger partial charge in [0.1, 0.15) is 11.4 Å². The minimum atomic E-state index is -1.29. The van der Waals surface area contributed by atoms with Gasteiger partial charge in [0.05, 0.1) is 0 Å². The van der Waals surface area contributed by atoms with Gasteiger partial charge in [-0.2, -0.15) is 0 Å². The van der Waals surface area contributed by atoms with Crippen LogP contribution in [-0.4, -0.2) is 54.1 Å². The molecular formula is C26H40F3N3O4. The van der Waals surface area contributed by atoms with Crippen LogP contribution in [0.25, 0.3) is 0 Å². The highest BCUT2D eigenvalue weighted by molar-refractivity contribution is 5.78. The molecule has 10 heteroatoms. The molecule has 1 saturated heterocycles. The number of ether oxygens (including phenoxy) is 1. The number of alkyl carbamates (subject to hydrolysis) is 1. The summed E-state index contributed by atoms with van der Waals surface area (Å²) in [5, 5.41) is 5.29. The molecule has 1 atom stereocenters. The highest BCUT2D eigenvalue weighted by Gasteiger charge is 2.27. The maximum Gasteiger partial charge on any atom is 0.407 e. The lowest BCUT2D eigenvalue weighted by Gasteiger charge is -2.26. The van der Waals surface area contributed by atoms with Crippen molar-refractivity contribution < 1.29 is 32.3 Å². The summed E-state index contributed by atoms with van der Waals surface area (Å²) in [5.41, 5.74) is -0.825. The van der Waals surface area contributed by atoms with Crippen molar-refractivity contribution in [2.75, 3.05) is 19.6 Å². The molecule has 0 bridgehead atoms. The highest BCUT2D eigenvalue weighted by atomic mass is 19.2. The van der Waals surface area contributed by atoms with Gasteiger partial charge in [0, 0.05) is 44.6 Å². The fourth-order valence-electron chi connectivity index (χ4n) is 3.50. The molecule has 0 aliphatic carbocycles. The molecule has 36 heavy (non-hydrogen) atoms. The van der Waals surface area contributed by atoms with Crippen molar-refractivity contribution >= 4 is 17.9 Å². The summed E-state index contributed by atoms with van der Waals surface area (Å²) < 4.78 is 46.1. The summed E-state index contributed by atoms with van der Waals surface area (Å²) in [7, 11) is 0. The Labute approximate surface area is 212 Å². The largest absolute Gasteiger partial charge is 0.444 e. The number of nitrogens with zero attached hydrogens (tertiary/aromatic N) is 1. The normalized spacial score (nSPS) is 13.9. The summed E-state index contributed by atoms with van der Waals surface area (Å²) in [6, 6.07) is 0.399. The third kappa shape index (κ3) is 11.3. The lowest BCUT2D eigenvalue weighted by molar-refractivity contribution is -0.130. The van der Waals surface area contributed by atoms with E-state index in [-0.39, 0.29) is 30.2 Å². The molecule has 2 rings (SSSR count). The lowest BCUT2D eigenvalue weighted by Crippen LogP contribution is -2.44. The molecule has 2 N–H and O–H groups in total. The third-order valence-electron chi connectivity index (χ3n) is 5.83. The predicted octanol–water partition coefficient (Wildman–Crippen LogP) is 4.86. The van der Waals surface area contributed by atoms with Gasteiger partial charge < -0.3 is 20.3 Å². The summed E-state index contributed by atoms with van der Waals surface area (Å²) in [6.07, 6.45) is 3.01. The van der Waals surface area contributed by atoms with Crippen LogP contribution in [0.4, 0.5) is 18.0 Å². The average molecular weight is 516 g/mol. The van der Waals surface area contributed by atoms with Crippen LogP contribution in [0.15, 0.2) is 12.1 Å². The van der Waals surface area contributed by atoms with Crippen LogP contribution >= 0.6 is 0 Å². The Morgan fingerprint density at radius 2 is 1.64 bits per heavy atom. The fourth-order valence-corrected chi connectivity index (χ4v) is 3.50. The van der Waals surface area contributed by atoms with Gasteiger partial charge in [-0.25, -0.2) is 18.0 Å². The molecule has 0 radical (unpaired) electrons. The molecule has 204 valence electrons. The summed E-state index contributed by atoms with van der Waals surface area (Å²) in [6.45, 7) is 11.3. The zero-order chi connectivity index (χ0) is 27.3. The molecule has 1 heterocycles. The SMILES string of the molecule is CCC(C)(C)OC(=O)N[C@@H](CC(=O)N1CCCC1)Cc1cc(F)c(F)cc1F.CCCC(=O)NCC. The highest BCUT2D eigenvalue weighted by Crippen LogP contribution is 2.19. The van der Waals surface area contributed by atoms with E-state index in [4.69, 9.17) is 4.74 Å². The van der Waals surface area contributed by atoms with Gasteiger partial charge in [-0.05, 0) is 64.5 Å². The van der Waals surface area contributed by atoms with E-state index in [0.717, 1.165) is 31.9 Å². The van der Waals surface area contributed by atoms with Gasteiger partial charge in [-0.15, -0.1) is 0 Å². The molecule has 1 aliphatic rings. The van der Waals surface area contributed by atoms with Crippen LogP contribution in [0.3, 0.4) is 0 Å². The zero-order valence-corrected chi connectivity index (χ0v) is 22.0. The van der Waals surface area contributed by atoms with Crippen molar-refractivity contribution in [3.05, 3.63) is 35.1 Å². The van der Waals surface area contributed by atoms with Crippen molar-refractivity contribution in [1.82, 2.24) is 15.5 Å². The van der Waals surface area contributed by atoms with E-state index in [1.54, 1.807) is 18.7 Å². The number of carbonyl (C=O) groups is 3. The maximum absolute atomic E-state index is 14.0. The van der Waals surface area contributed by atoms with E-state index >= 15 is 0 Å². The van der Waals surface area contributed by atoms with Crippen molar-refractivity contribution in [1.29, 1.82) is 0 Å². The van der Waals surface area contributed by atoms with E-state index in [2.05, 4.69) is 10.6 Å². The van der Waals surface area contributed by atoms with Gasteiger partial charge >= 0.3 is 6.09 Å². The molecular weight excluding hydrogens is 475 g/mol. The summed E-state index contributed by atoms with van der Waals surface area (Å²) in [5.74, 6) is -3.42. The van der Waals surface area contributed by atoms with Crippen molar-refractivity contribution in [2.24, 2.45) is 0 Å². The number of hydrogen-bond acceptors (Lipinski definition) is 4. The molecule has 1 aromatic carbocycles. The molecule has 0 unspecified atom stereocenters. The number of likely N-dealkylation sites (tertiary alicyclic amines) is 1. The molecule has 1 aromatic rings. The Balaban J connectivity index is 0.000000697. The molecule has 1 fully saturated rings. The Hall–Kier alpha value is -2.78. The summed E-state index contributed by atoms with van der Waals surface area (Å²) >= 11 is 0. The van der Waals surface area contributed by atoms with Crippen LogP contribution in [0, 0.1) is 17.5 Å². The van der Waals surface area contributed by atoms with Gasteiger partial charge in [-0.3, -0.25) is 9.59 Å². The number of hydrogen-bond donors (Lipinski definition) is 2. The first-order valence-electron chi connectivity index (χ1n) is 12.6. The average Bonchev–Trinajstić information content (AvgIpc) is 3.33. The first-order valence-corrected chi connectivity index (χ1v) is 12.6. The molecule has 0 aromatic heterocycles. The molecule has 0 saturated carbocycles. The van der Waals surface area contributed by atoms with Gasteiger partial charge in [0.2, 0.25) is 11.8 Å². The monoisotopic (exact) mass is 515 g/mol. The minimum absolute atomic E-state index is 0.0832. The van der Waals surface area contributed by atoms with Crippen molar-refractivity contribution in [3.8, 4) is 0 Å². The zero-order valence-electron chi connectivity index (χ0n) is 22.0. The Bertz CT molecular complexity index is 866. The fraction of sp³-hybridized carbons (Fsp3) is 0.654. The third-order valence-corrected chi connectivity index (χ3v) is 5.83. The second kappa shape index (κ2) is 15.4. The number of carbonyl (C=O) groups excluding carboxylic acids is 3. The molecule has 7 nitrogen and oxygen atoms in total. The summed E-state index contributed by atoms with van der Waals surface area (Å²) in [4.78, 5) is 36.9. The molecule has 3 amide bonds. The van der Waals surface area contributed by atoms with E-state index in [0.29, 0.717) is 32.0 Å². The van der Waals surface area contributed by atoms with Crippen molar-refractivity contribution in [2.45, 2.75) is 91.2 Å². The van der Waals surface area contributed by atoms with Gasteiger partial charge in [-0.1, -0.05) is 13.8 Å². The van der Waals surface area contributed by atoms with E-state index in [1.165, 1.54) is 0 Å². The van der Waals surface area contributed by atoms with Crippen LogP contribution in [0.2, 0.25) is 0 Å². The minimum Gasteiger partial charge on any atom is -0.444 e. The van der Waals surface area contributed by atoms with Crippen LogP contribution in [-0.2, 0) is 20.7 Å². The Kier molecular flexibility index (Phi) is 13.3.